The monoisotopic (exact) mass is 281 g/mol. The number of nitrogens with zero attached hydrogens (tertiary/aromatic N) is 1. The Morgan fingerprint density at radius 1 is 1.33 bits per heavy atom. The normalized spacial score (nSPS) is 12.7. The van der Waals surface area contributed by atoms with E-state index in [1.54, 1.807) is 21.0 Å². The smallest absolute Gasteiger partial charge is 0.384 e. The van der Waals surface area contributed by atoms with Crippen LogP contribution < -0.4 is 0 Å². The minimum Gasteiger partial charge on any atom is -0.462 e. The van der Waals surface area contributed by atoms with Crippen molar-refractivity contribution in [3.05, 3.63) is 23.9 Å². The van der Waals surface area contributed by atoms with Gasteiger partial charge in [0.1, 0.15) is 0 Å². The van der Waals surface area contributed by atoms with Gasteiger partial charge in [0, 0.05) is 20.3 Å². The number of esters is 1. The molecule has 18 heavy (non-hydrogen) atoms. The van der Waals surface area contributed by atoms with Crippen molar-refractivity contribution >= 4 is 23.4 Å². The van der Waals surface area contributed by atoms with Crippen molar-refractivity contribution in [3.8, 4) is 0 Å². The Balaban J connectivity index is 4.98. The first-order valence-corrected chi connectivity index (χ1v) is 5.41. The van der Waals surface area contributed by atoms with E-state index in [9.17, 15) is 18.4 Å². The van der Waals surface area contributed by atoms with Gasteiger partial charge in [-0.3, -0.25) is 4.79 Å². The molecule has 0 aliphatic heterocycles. The zero-order chi connectivity index (χ0) is 14.3. The van der Waals surface area contributed by atoms with Crippen LogP contribution in [0.4, 0.5) is 8.78 Å². The van der Waals surface area contributed by atoms with Gasteiger partial charge in [-0.15, -0.1) is 0 Å². The predicted octanol–water partition coefficient (Wildman–Crippen LogP) is 1.95. The summed E-state index contributed by atoms with van der Waals surface area (Å²) in [5.74, 6) is -2.31. The summed E-state index contributed by atoms with van der Waals surface area (Å²) in [6, 6.07) is 0. The fraction of sp³-hybridized carbons (Fsp3) is 0.455. The number of halogens is 3. The van der Waals surface area contributed by atoms with Gasteiger partial charge < -0.3 is 9.64 Å². The molecule has 102 valence electrons. The molecule has 0 amide bonds. The van der Waals surface area contributed by atoms with Gasteiger partial charge in [0.15, 0.2) is 0 Å². The molecule has 0 aliphatic carbocycles. The van der Waals surface area contributed by atoms with Gasteiger partial charge >= 0.3 is 11.4 Å². The first-order chi connectivity index (χ1) is 8.18. The van der Waals surface area contributed by atoms with Crippen LogP contribution in [0.1, 0.15) is 6.92 Å². The maximum absolute atomic E-state index is 12.4. The molecule has 0 spiro atoms. The largest absolute Gasteiger partial charge is 0.462 e. The van der Waals surface area contributed by atoms with E-state index in [1.807, 2.05) is 0 Å². The van der Waals surface area contributed by atoms with Gasteiger partial charge in [-0.05, 0) is 30.7 Å². The van der Waals surface area contributed by atoms with Crippen molar-refractivity contribution in [2.75, 3.05) is 20.7 Å². The number of alkyl halides is 3. The first-order valence-electron chi connectivity index (χ1n) is 5.03. The van der Waals surface area contributed by atoms with Crippen molar-refractivity contribution in [3.63, 3.8) is 0 Å². The molecular weight excluding hydrogens is 268 g/mol. The number of rotatable bonds is 6. The van der Waals surface area contributed by atoms with Crippen molar-refractivity contribution in [1.82, 2.24) is 4.90 Å². The van der Waals surface area contributed by atoms with E-state index < -0.39 is 17.1 Å². The van der Waals surface area contributed by atoms with Crippen LogP contribution in [0.2, 0.25) is 0 Å². The second-order valence-corrected chi connectivity index (χ2v) is 3.94. The second kappa shape index (κ2) is 7.10. The summed E-state index contributed by atoms with van der Waals surface area (Å²) in [4.78, 5) is 23.8. The van der Waals surface area contributed by atoms with Crippen molar-refractivity contribution < 1.29 is 23.1 Å². The highest BCUT2D eigenvalue weighted by Gasteiger charge is 2.33. The molecular formula is C11H14ClF2NO3. The van der Waals surface area contributed by atoms with Crippen LogP contribution in [0.25, 0.3) is 0 Å². The predicted molar refractivity (Wildman–Crippen MR) is 63.4 cm³/mol. The number of allylic oxidation sites excluding steroid dienone is 1. The number of carbonyl (C=O) groups is 2. The lowest BCUT2D eigenvalue weighted by molar-refractivity contribution is -0.138. The van der Waals surface area contributed by atoms with E-state index in [2.05, 4.69) is 11.6 Å². The number of hydrogen-bond acceptors (Lipinski definition) is 4. The molecule has 0 saturated heterocycles. The summed E-state index contributed by atoms with van der Waals surface area (Å²) in [6.07, 6.45) is 2.82. The number of ether oxygens (including phenoxy) is 1. The third kappa shape index (κ3) is 6.34. The van der Waals surface area contributed by atoms with Crippen LogP contribution in [0, 0.1) is 0 Å². The standard InChI is InChI=1S/C11H14ClF2NO3/c1-4-18-10(17)8(7-15(2)3)5-6-9(16)11(12,13)14/h5-7H,4H2,1-3H3/b6-5+,8-7+. The van der Waals surface area contributed by atoms with Crippen molar-refractivity contribution in [2.45, 2.75) is 12.3 Å². The minimum atomic E-state index is -3.98. The summed E-state index contributed by atoms with van der Waals surface area (Å²) < 4.78 is 29.5. The number of hydrogen-bond donors (Lipinski definition) is 0. The van der Waals surface area contributed by atoms with E-state index in [0.29, 0.717) is 6.08 Å². The molecule has 0 aliphatic rings. The Bertz CT molecular complexity index is 373. The molecule has 0 radical (unpaired) electrons. The molecule has 0 aromatic heterocycles. The lowest BCUT2D eigenvalue weighted by Crippen LogP contribution is -2.19. The van der Waals surface area contributed by atoms with Gasteiger partial charge in [0.05, 0.1) is 12.2 Å². The Morgan fingerprint density at radius 2 is 1.89 bits per heavy atom. The fourth-order valence-electron chi connectivity index (χ4n) is 0.916. The third-order valence-corrected chi connectivity index (χ3v) is 1.79. The highest BCUT2D eigenvalue weighted by atomic mass is 35.5. The Hall–Kier alpha value is -1.43. The summed E-state index contributed by atoms with van der Waals surface area (Å²) in [6.45, 7) is 1.74. The summed E-state index contributed by atoms with van der Waals surface area (Å²) in [5, 5.41) is -3.98. The highest BCUT2D eigenvalue weighted by molar-refractivity contribution is 6.34. The van der Waals surface area contributed by atoms with E-state index in [-0.39, 0.29) is 12.2 Å². The molecule has 0 saturated carbocycles. The molecule has 0 bridgehead atoms. The lowest BCUT2D eigenvalue weighted by atomic mass is 10.2. The van der Waals surface area contributed by atoms with Crippen LogP contribution in [-0.2, 0) is 14.3 Å². The molecule has 0 aromatic rings. The van der Waals surface area contributed by atoms with Gasteiger partial charge in [-0.2, -0.15) is 8.78 Å². The quantitative estimate of drug-likeness (QED) is 0.323. The molecule has 7 heteroatoms. The van der Waals surface area contributed by atoms with Gasteiger partial charge in [0.25, 0.3) is 0 Å². The molecule has 0 atom stereocenters. The van der Waals surface area contributed by atoms with Crippen LogP contribution in [0.3, 0.4) is 0 Å². The van der Waals surface area contributed by atoms with E-state index in [1.165, 1.54) is 11.1 Å². The summed E-state index contributed by atoms with van der Waals surface area (Å²) >= 11 is 4.53. The summed E-state index contributed by atoms with van der Waals surface area (Å²) in [5.41, 5.74) is -0.0314. The van der Waals surface area contributed by atoms with E-state index in [0.717, 1.165) is 6.08 Å². The first kappa shape index (κ1) is 16.6. The highest BCUT2D eigenvalue weighted by Crippen LogP contribution is 2.20. The molecule has 0 N–H and O–H groups in total. The average Bonchev–Trinajstić information content (AvgIpc) is 2.22. The van der Waals surface area contributed by atoms with Crippen LogP contribution in [0.15, 0.2) is 23.9 Å². The van der Waals surface area contributed by atoms with Crippen molar-refractivity contribution in [1.29, 1.82) is 0 Å². The van der Waals surface area contributed by atoms with E-state index >= 15 is 0 Å². The van der Waals surface area contributed by atoms with E-state index in [4.69, 9.17) is 4.74 Å². The second-order valence-electron chi connectivity index (χ2n) is 3.46. The molecule has 0 aromatic carbocycles. The Morgan fingerprint density at radius 3 is 2.28 bits per heavy atom. The van der Waals surface area contributed by atoms with Crippen LogP contribution in [-0.4, -0.2) is 42.7 Å². The third-order valence-electron chi connectivity index (χ3n) is 1.60. The van der Waals surface area contributed by atoms with Gasteiger partial charge in [0.2, 0.25) is 5.78 Å². The topological polar surface area (TPSA) is 46.6 Å². The SMILES string of the molecule is CCOC(=O)C(/C=C/C(=O)C(F)(F)Cl)=C/N(C)C. The van der Waals surface area contributed by atoms with Crippen LogP contribution in [0.5, 0.6) is 0 Å². The fourth-order valence-corrected chi connectivity index (χ4v) is 0.979. The Labute approximate surface area is 109 Å². The average molecular weight is 282 g/mol. The maximum Gasteiger partial charge on any atom is 0.384 e. The Kier molecular flexibility index (Phi) is 6.54. The van der Waals surface area contributed by atoms with Gasteiger partial charge in [-0.25, -0.2) is 4.79 Å². The zero-order valence-corrected chi connectivity index (χ0v) is 11.0. The number of carbonyl (C=O) groups excluding carboxylic acids is 2. The van der Waals surface area contributed by atoms with Crippen molar-refractivity contribution in [2.24, 2.45) is 0 Å². The summed E-state index contributed by atoms with van der Waals surface area (Å²) in [7, 11) is 3.26. The molecule has 0 unspecified atom stereocenters. The minimum absolute atomic E-state index is 0.0314. The molecule has 4 nitrogen and oxygen atoms in total. The maximum atomic E-state index is 12.4. The lowest BCUT2D eigenvalue weighted by Gasteiger charge is -2.08. The molecule has 0 heterocycles. The molecule has 0 rings (SSSR count). The van der Waals surface area contributed by atoms with Crippen LogP contribution >= 0.6 is 11.6 Å². The number of ketones is 1. The zero-order valence-electron chi connectivity index (χ0n) is 10.2. The molecule has 0 fully saturated rings. The van der Waals surface area contributed by atoms with Gasteiger partial charge in [-0.1, -0.05) is 0 Å².